The highest BCUT2D eigenvalue weighted by atomic mass is 16.5. The van der Waals surface area contributed by atoms with E-state index in [2.05, 4.69) is 56.7 Å². The smallest absolute Gasteiger partial charge is 0.247 e. The summed E-state index contributed by atoms with van der Waals surface area (Å²) in [5.41, 5.74) is 4.71. The van der Waals surface area contributed by atoms with Gasteiger partial charge in [0.1, 0.15) is 24.2 Å². The molecule has 0 radical (unpaired) electrons. The number of nitrogens with one attached hydrogen (secondary N) is 2. The maximum atomic E-state index is 12.4. The van der Waals surface area contributed by atoms with Gasteiger partial charge in [-0.15, -0.1) is 0 Å². The van der Waals surface area contributed by atoms with E-state index in [-0.39, 0.29) is 11.9 Å². The maximum absolute atomic E-state index is 12.4. The van der Waals surface area contributed by atoms with Crippen LogP contribution in [0.5, 0.6) is 11.5 Å². The van der Waals surface area contributed by atoms with Crippen LogP contribution in [0.2, 0.25) is 0 Å². The van der Waals surface area contributed by atoms with Gasteiger partial charge < -0.3 is 34.5 Å². The lowest BCUT2D eigenvalue weighted by Crippen LogP contribution is -2.31. The first kappa shape index (κ1) is 27.1. The van der Waals surface area contributed by atoms with Crippen LogP contribution in [-0.4, -0.2) is 72.3 Å². The number of amides is 1. The monoisotopic (exact) mass is 564 g/mol. The van der Waals surface area contributed by atoms with Gasteiger partial charge in [-0.3, -0.25) is 4.79 Å². The highest BCUT2D eigenvalue weighted by Crippen LogP contribution is 2.41. The van der Waals surface area contributed by atoms with Gasteiger partial charge in [0.25, 0.3) is 0 Å². The molecule has 0 bridgehead atoms. The molecule has 2 aliphatic heterocycles. The Morgan fingerprint density at radius 1 is 1.29 bits per heavy atom. The summed E-state index contributed by atoms with van der Waals surface area (Å²) in [4.78, 5) is 26.1. The normalized spacial score (nSPS) is 15.8. The van der Waals surface area contributed by atoms with Crippen LogP contribution in [0, 0.1) is 11.3 Å². The van der Waals surface area contributed by atoms with Crippen molar-refractivity contribution >= 4 is 39.8 Å². The number of hydrogen-bond donors (Lipinski definition) is 2. The van der Waals surface area contributed by atoms with Crippen LogP contribution in [0.3, 0.4) is 0 Å². The predicted molar refractivity (Wildman–Crippen MR) is 163 cm³/mol. The third kappa shape index (κ3) is 4.86. The van der Waals surface area contributed by atoms with Crippen molar-refractivity contribution in [3.63, 3.8) is 0 Å². The Bertz CT molecular complexity index is 1740. The van der Waals surface area contributed by atoms with E-state index in [0.717, 1.165) is 47.4 Å². The summed E-state index contributed by atoms with van der Waals surface area (Å²) in [6, 6.07) is 12.3. The van der Waals surface area contributed by atoms with Gasteiger partial charge in [-0.05, 0) is 38.7 Å². The summed E-state index contributed by atoms with van der Waals surface area (Å²) in [6.45, 7) is 6.56. The van der Waals surface area contributed by atoms with Crippen molar-refractivity contribution in [2.75, 3.05) is 56.4 Å². The molecule has 2 aromatic carbocycles. The summed E-state index contributed by atoms with van der Waals surface area (Å²) in [6.07, 6.45) is 5.78. The number of aromatic nitrogens is 3. The largest absolute Gasteiger partial charge is 0.494 e. The molecule has 1 saturated heterocycles. The number of benzene rings is 2. The van der Waals surface area contributed by atoms with Crippen LogP contribution in [0.1, 0.15) is 12.0 Å². The number of para-hydroxylation sites is 1. The third-order valence-corrected chi connectivity index (χ3v) is 7.86. The van der Waals surface area contributed by atoms with Crippen molar-refractivity contribution in [1.82, 2.24) is 19.4 Å². The zero-order valence-electron chi connectivity index (χ0n) is 23.8. The standard InChI is InChI=1S/C31H32N8O3/c1-5-28(40)34-23-13-24(27(41-4)14-25(23)38-10-9-20(17-38)37(2)3)35-31-33-16-19(15-32)29(36-31)22-18-39-11-12-42-26-8-6-7-21(22)30(26)39/h5-8,13-14,16,18,20H,1,9-12,17H2,2-4H3,(H,34,40)(H,33,35,36). The van der Waals surface area contributed by atoms with Crippen LogP contribution in [0.4, 0.5) is 23.0 Å². The molecule has 4 heterocycles. The fraction of sp³-hybridized carbons (Fsp3) is 0.290. The second kappa shape index (κ2) is 11.1. The van der Waals surface area contributed by atoms with Gasteiger partial charge >= 0.3 is 0 Å². The second-order valence-electron chi connectivity index (χ2n) is 10.5. The molecule has 2 aliphatic rings. The van der Waals surface area contributed by atoms with E-state index in [0.29, 0.717) is 47.6 Å². The number of carbonyl (C=O) groups excluding carboxylic acids is 1. The summed E-state index contributed by atoms with van der Waals surface area (Å²) >= 11 is 0. The van der Waals surface area contributed by atoms with E-state index in [1.54, 1.807) is 7.11 Å². The minimum absolute atomic E-state index is 0.285. The van der Waals surface area contributed by atoms with Crippen molar-refractivity contribution in [3.05, 3.63) is 60.9 Å². The molecule has 1 atom stereocenters. The molecule has 0 saturated carbocycles. The Balaban J connectivity index is 1.40. The molecule has 11 nitrogen and oxygen atoms in total. The van der Waals surface area contributed by atoms with E-state index < -0.39 is 0 Å². The van der Waals surface area contributed by atoms with E-state index in [9.17, 15) is 10.1 Å². The average molecular weight is 565 g/mol. The number of methoxy groups -OCH3 is 1. The molecule has 1 unspecified atom stereocenters. The Labute approximate surface area is 244 Å². The number of likely N-dealkylation sites (N-methyl/N-ethyl adjacent to an activating group) is 1. The Kier molecular flexibility index (Phi) is 7.14. The Morgan fingerprint density at radius 3 is 2.88 bits per heavy atom. The molecule has 0 aliphatic carbocycles. The molecule has 42 heavy (non-hydrogen) atoms. The SMILES string of the molecule is C=CC(=O)Nc1cc(Nc2ncc(C#N)c(-c3cn4c5c(cccc35)OCC4)n2)c(OC)cc1N1CCC(N(C)C)C1. The lowest BCUT2D eigenvalue weighted by molar-refractivity contribution is -0.111. The van der Waals surface area contributed by atoms with E-state index in [1.807, 2.05) is 36.5 Å². The van der Waals surface area contributed by atoms with E-state index >= 15 is 0 Å². The number of nitrogens with zero attached hydrogens (tertiary/aromatic N) is 6. The first-order valence-electron chi connectivity index (χ1n) is 13.8. The highest BCUT2D eigenvalue weighted by molar-refractivity contribution is 6.02. The van der Waals surface area contributed by atoms with Gasteiger partial charge in [-0.25, -0.2) is 9.97 Å². The first-order valence-corrected chi connectivity index (χ1v) is 13.8. The zero-order valence-corrected chi connectivity index (χ0v) is 23.8. The molecule has 2 aromatic heterocycles. The molecule has 11 heteroatoms. The average Bonchev–Trinajstić information content (AvgIpc) is 3.64. The topological polar surface area (TPSA) is 121 Å². The van der Waals surface area contributed by atoms with Gasteiger partial charge in [0.2, 0.25) is 11.9 Å². The molecule has 6 rings (SSSR count). The van der Waals surface area contributed by atoms with Gasteiger partial charge in [0.05, 0.1) is 53.7 Å². The lowest BCUT2D eigenvalue weighted by atomic mass is 10.1. The molecule has 1 fully saturated rings. The first-order chi connectivity index (χ1) is 20.4. The number of carbonyl (C=O) groups is 1. The van der Waals surface area contributed by atoms with Gasteiger partial charge in [-0.1, -0.05) is 18.7 Å². The van der Waals surface area contributed by atoms with Crippen LogP contribution in [0.15, 0.2) is 55.4 Å². The maximum Gasteiger partial charge on any atom is 0.247 e. The summed E-state index contributed by atoms with van der Waals surface area (Å²) in [5, 5.41) is 17.1. The predicted octanol–water partition coefficient (Wildman–Crippen LogP) is 4.38. The van der Waals surface area contributed by atoms with Crippen LogP contribution < -0.4 is 25.0 Å². The van der Waals surface area contributed by atoms with Crippen molar-refractivity contribution in [3.8, 4) is 28.8 Å². The Hall–Kier alpha value is -5.08. The van der Waals surface area contributed by atoms with Crippen molar-refractivity contribution in [1.29, 1.82) is 5.26 Å². The number of ether oxygens (including phenoxy) is 2. The molecular formula is C31H32N8O3. The lowest BCUT2D eigenvalue weighted by Gasteiger charge is -2.25. The van der Waals surface area contributed by atoms with E-state index in [4.69, 9.17) is 14.5 Å². The quantitative estimate of drug-likeness (QED) is 0.300. The second-order valence-corrected chi connectivity index (χ2v) is 10.5. The third-order valence-electron chi connectivity index (χ3n) is 7.86. The van der Waals surface area contributed by atoms with Crippen LogP contribution in [-0.2, 0) is 11.3 Å². The summed E-state index contributed by atoms with van der Waals surface area (Å²) < 4.78 is 13.8. The minimum atomic E-state index is -0.315. The number of hydrogen-bond acceptors (Lipinski definition) is 9. The molecule has 4 aromatic rings. The fourth-order valence-corrected chi connectivity index (χ4v) is 5.67. The van der Waals surface area contributed by atoms with Gasteiger partial charge in [0, 0.05) is 42.3 Å². The molecular weight excluding hydrogens is 532 g/mol. The summed E-state index contributed by atoms with van der Waals surface area (Å²) in [5.74, 6) is 1.34. The fourth-order valence-electron chi connectivity index (χ4n) is 5.67. The summed E-state index contributed by atoms with van der Waals surface area (Å²) in [7, 11) is 5.75. The molecule has 214 valence electrons. The van der Waals surface area contributed by atoms with Gasteiger partial charge in [0.15, 0.2) is 0 Å². The van der Waals surface area contributed by atoms with Crippen LogP contribution >= 0.6 is 0 Å². The van der Waals surface area contributed by atoms with Crippen LogP contribution in [0.25, 0.3) is 22.2 Å². The molecule has 0 spiro atoms. The number of rotatable bonds is 8. The van der Waals surface area contributed by atoms with Crippen molar-refractivity contribution < 1.29 is 14.3 Å². The number of nitriles is 1. The van der Waals surface area contributed by atoms with E-state index in [1.165, 1.54) is 12.3 Å². The highest BCUT2D eigenvalue weighted by Gasteiger charge is 2.27. The van der Waals surface area contributed by atoms with Crippen molar-refractivity contribution in [2.24, 2.45) is 0 Å². The zero-order chi connectivity index (χ0) is 29.4. The number of anilines is 4. The Morgan fingerprint density at radius 2 is 2.14 bits per heavy atom. The minimum Gasteiger partial charge on any atom is -0.494 e. The van der Waals surface area contributed by atoms with Crippen molar-refractivity contribution in [2.45, 2.75) is 19.0 Å². The molecule has 2 N–H and O–H groups in total. The van der Waals surface area contributed by atoms with Gasteiger partial charge in [-0.2, -0.15) is 5.26 Å². The molecule has 1 amide bonds.